The van der Waals surface area contributed by atoms with Gasteiger partial charge in [0.1, 0.15) is 0 Å². The van der Waals surface area contributed by atoms with E-state index in [2.05, 4.69) is 11.1 Å². The van der Waals surface area contributed by atoms with E-state index >= 15 is 0 Å². The second-order valence-corrected chi connectivity index (χ2v) is 5.24. The average molecular weight is 224 g/mol. The molecule has 2 atom stereocenters. The molecule has 80 valence electrons. The number of hydrogen-bond donors (Lipinski definition) is 0. The van der Waals surface area contributed by atoms with Crippen molar-refractivity contribution in [3.8, 4) is 0 Å². The molecule has 0 aliphatic carbocycles. The van der Waals surface area contributed by atoms with Crippen molar-refractivity contribution >= 4 is 17.3 Å². The first-order chi connectivity index (χ1) is 7.30. The van der Waals surface area contributed by atoms with Crippen molar-refractivity contribution in [2.24, 2.45) is 5.92 Å². The van der Waals surface area contributed by atoms with Crippen LogP contribution in [0.1, 0.15) is 19.3 Å². The molecule has 0 unspecified atom stereocenters. The molecular formula is C12H16ClN2+. The van der Waals surface area contributed by atoms with Gasteiger partial charge in [0, 0.05) is 24.6 Å². The van der Waals surface area contributed by atoms with Crippen LogP contribution in [0.2, 0.25) is 5.15 Å². The Balaban J connectivity index is 2.02. The van der Waals surface area contributed by atoms with Crippen LogP contribution < -0.4 is 4.48 Å². The van der Waals surface area contributed by atoms with Crippen molar-refractivity contribution in [2.75, 3.05) is 19.6 Å². The van der Waals surface area contributed by atoms with E-state index in [1.807, 2.05) is 6.07 Å². The Kier molecular flexibility index (Phi) is 2.22. The Morgan fingerprint density at radius 2 is 2.27 bits per heavy atom. The van der Waals surface area contributed by atoms with Gasteiger partial charge in [-0.1, -0.05) is 11.6 Å². The minimum absolute atomic E-state index is 0.708. The maximum Gasteiger partial charge on any atom is 0.190 e. The monoisotopic (exact) mass is 223 g/mol. The highest BCUT2D eigenvalue weighted by Gasteiger charge is 2.44. The second-order valence-electron chi connectivity index (χ2n) is 4.89. The fraction of sp³-hybridized carbons (Fsp3) is 0.583. The standard InChI is InChI=1S/C12H16ClN2/c13-12-11(4-1-6-14-12)15-7-2-3-10(9-15)5-8-15/h1,4,6,10H,2-3,5,7-9H2/q+1/t10-,15-/m0/s1. The predicted molar refractivity (Wildman–Crippen MR) is 63.0 cm³/mol. The summed E-state index contributed by atoms with van der Waals surface area (Å²) in [5, 5.41) is 0.708. The van der Waals surface area contributed by atoms with Crippen molar-refractivity contribution in [3.05, 3.63) is 23.5 Å². The van der Waals surface area contributed by atoms with E-state index in [4.69, 9.17) is 11.6 Å². The summed E-state index contributed by atoms with van der Waals surface area (Å²) in [5.74, 6) is 0.926. The minimum atomic E-state index is 0.708. The predicted octanol–water partition coefficient (Wildman–Crippen LogP) is 2.86. The summed E-state index contributed by atoms with van der Waals surface area (Å²) in [6.07, 6.45) is 5.90. The number of aromatic nitrogens is 1. The van der Waals surface area contributed by atoms with Gasteiger partial charge in [0.05, 0.1) is 19.6 Å². The highest BCUT2D eigenvalue weighted by atomic mass is 35.5. The lowest BCUT2D eigenvalue weighted by Crippen LogP contribution is -2.50. The van der Waals surface area contributed by atoms with Crippen LogP contribution in [-0.4, -0.2) is 24.6 Å². The molecule has 1 aromatic rings. The van der Waals surface area contributed by atoms with Gasteiger partial charge >= 0.3 is 0 Å². The number of halogens is 1. The Hall–Kier alpha value is -0.600. The van der Waals surface area contributed by atoms with E-state index in [9.17, 15) is 0 Å². The largest absolute Gasteiger partial charge is 0.288 e. The molecule has 2 aliphatic heterocycles. The zero-order valence-electron chi connectivity index (χ0n) is 8.82. The molecule has 0 spiro atoms. The Labute approximate surface area is 95.5 Å². The summed E-state index contributed by atoms with van der Waals surface area (Å²) in [6.45, 7) is 3.80. The smallest absolute Gasteiger partial charge is 0.190 e. The highest BCUT2D eigenvalue weighted by Crippen LogP contribution is 2.40. The number of hydrogen-bond acceptors (Lipinski definition) is 1. The number of rotatable bonds is 1. The lowest BCUT2D eigenvalue weighted by Gasteiger charge is -2.37. The Morgan fingerprint density at radius 1 is 1.33 bits per heavy atom. The molecule has 2 saturated heterocycles. The van der Waals surface area contributed by atoms with Crippen LogP contribution in [0.4, 0.5) is 5.69 Å². The molecule has 1 aromatic heterocycles. The topological polar surface area (TPSA) is 12.9 Å². The summed E-state index contributed by atoms with van der Waals surface area (Å²) >= 11 is 6.22. The molecule has 0 N–H and O–H groups in total. The van der Waals surface area contributed by atoms with Crippen LogP contribution in [0.15, 0.2) is 18.3 Å². The molecule has 0 aromatic carbocycles. The Bertz CT molecular complexity index is 376. The van der Waals surface area contributed by atoms with Crippen molar-refractivity contribution in [1.29, 1.82) is 0 Å². The summed E-state index contributed by atoms with van der Waals surface area (Å²) in [5.41, 5.74) is 1.25. The summed E-state index contributed by atoms with van der Waals surface area (Å²) in [6, 6.07) is 4.17. The molecule has 0 amide bonds. The van der Waals surface area contributed by atoms with Crippen LogP contribution >= 0.6 is 11.6 Å². The van der Waals surface area contributed by atoms with Crippen LogP contribution in [0.5, 0.6) is 0 Å². The van der Waals surface area contributed by atoms with Gasteiger partial charge in [-0.15, -0.1) is 0 Å². The van der Waals surface area contributed by atoms with Crippen molar-refractivity contribution in [3.63, 3.8) is 0 Å². The lowest BCUT2D eigenvalue weighted by atomic mass is 9.99. The lowest BCUT2D eigenvalue weighted by molar-refractivity contribution is 0.267. The minimum Gasteiger partial charge on any atom is -0.288 e. The van der Waals surface area contributed by atoms with Gasteiger partial charge in [0.2, 0.25) is 0 Å². The molecule has 3 rings (SSSR count). The van der Waals surface area contributed by atoms with E-state index in [1.165, 1.54) is 44.6 Å². The molecule has 0 saturated carbocycles. The second kappa shape index (κ2) is 3.46. The fourth-order valence-corrected chi connectivity index (χ4v) is 3.60. The van der Waals surface area contributed by atoms with E-state index in [0.29, 0.717) is 5.15 Å². The zero-order valence-corrected chi connectivity index (χ0v) is 9.58. The molecule has 2 aliphatic rings. The van der Waals surface area contributed by atoms with Crippen LogP contribution in [0, 0.1) is 5.92 Å². The van der Waals surface area contributed by atoms with E-state index in [1.54, 1.807) is 6.20 Å². The molecule has 3 heteroatoms. The number of fused-ring (bicyclic) bond motifs is 2. The SMILES string of the molecule is Clc1ncccc1[N@@+]12CCC[C@@H](CC1)C2. The van der Waals surface area contributed by atoms with Gasteiger partial charge in [0.15, 0.2) is 10.8 Å². The number of quaternary nitrogens is 1. The normalized spacial score (nSPS) is 34.3. The highest BCUT2D eigenvalue weighted by molar-refractivity contribution is 6.31. The molecule has 0 radical (unpaired) electrons. The molecule has 2 fully saturated rings. The molecular weight excluding hydrogens is 208 g/mol. The first kappa shape index (κ1) is 9.61. The first-order valence-electron chi connectivity index (χ1n) is 5.77. The summed E-state index contributed by atoms with van der Waals surface area (Å²) in [4.78, 5) is 4.22. The van der Waals surface area contributed by atoms with Crippen molar-refractivity contribution in [2.45, 2.75) is 19.3 Å². The molecule has 15 heavy (non-hydrogen) atoms. The van der Waals surface area contributed by atoms with Gasteiger partial charge in [-0.25, -0.2) is 4.98 Å². The maximum absolute atomic E-state index is 6.22. The molecule has 2 bridgehead atoms. The molecule has 2 nitrogen and oxygen atoms in total. The average Bonchev–Trinajstić information content (AvgIpc) is 2.56. The van der Waals surface area contributed by atoms with Gasteiger partial charge in [-0.05, 0) is 18.9 Å². The van der Waals surface area contributed by atoms with Crippen LogP contribution in [-0.2, 0) is 0 Å². The third kappa shape index (κ3) is 1.47. The molecule has 3 heterocycles. The van der Waals surface area contributed by atoms with Gasteiger partial charge in [-0.2, -0.15) is 0 Å². The Morgan fingerprint density at radius 3 is 3.13 bits per heavy atom. The summed E-state index contributed by atoms with van der Waals surface area (Å²) < 4.78 is 1.09. The third-order valence-electron chi connectivity index (χ3n) is 4.02. The van der Waals surface area contributed by atoms with E-state index < -0.39 is 0 Å². The maximum atomic E-state index is 6.22. The van der Waals surface area contributed by atoms with Gasteiger partial charge in [0.25, 0.3) is 0 Å². The quantitative estimate of drug-likeness (QED) is 0.527. The third-order valence-corrected chi connectivity index (χ3v) is 4.31. The number of nitrogens with zero attached hydrogens (tertiary/aromatic N) is 2. The van der Waals surface area contributed by atoms with E-state index in [-0.39, 0.29) is 0 Å². The number of pyridine rings is 1. The van der Waals surface area contributed by atoms with Crippen molar-refractivity contribution in [1.82, 2.24) is 9.47 Å². The van der Waals surface area contributed by atoms with Crippen LogP contribution in [0.25, 0.3) is 0 Å². The summed E-state index contributed by atoms with van der Waals surface area (Å²) in [7, 11) is 0. The van der Waals surface area contributed by atoms with Gasteiger partial charge in [-0.3, -0.25) is 4.48 Å². The van der Waals surface area contributed by atoms with E-state index in [0.717, 1.165) is 10.4 Å². The number of piperidine rings is 1. The zero-order chi connectivity index (χ0) is 10.3. The van der Waals surface area contributed by atoms with Crippen LogP contribution in [0.3, 0.4) is 0 Å². The fourth-order valence-electron chi connectivity index (χ4n) is 3.30. The van der Waals surface area contributed by atoms with Crippen molar-refractivity contribution < 1.29 is 0 Å². The van der Waals surface area contributed by atoms with Gasteiger partial charge < -0.3 is 0 Å². The first-order valence-corrected chi connectivity index (χ1v) is 6.15.